The van der Waals surface area contributed by atoms with Gasteiger partial charge >= 0.3 is 0 Å². The molecule has 2 aliphatic heterocycles. The zero-order valence-electron chi connectivity index (χ0n) is 18.1. The van der Waals surface area contributed by atoms with Gasteiger partial charge in [0.1, 0.15) is 0 Å². The Kier molecular flexibility index (Phi) is 5.98. The third kappa shape index (κ3) is 3.91. The van der Waals surface area contributed by atoms with Gasteiger partial charge in [-0.15, -0.1) is 11.3 Å². The van der Waals surface area contributed by atoms with E-state index in [1.807, 2.05) is 59.4 Å². The molecule has 4 rings (SSSR count). The van der Waals surface area contributed by atoms with Crippen molar-refractivity contribution in [1.29, 1.82) is 0 Å². The highest BCUT2D eigenvalue weighted by Gasteiger charge is 2.46. The third-order valence-corrected chi connectivity index (χ3v) is 6.78. The summed E-state index contributed by atoms with van der Waals surface area (Å²) in [6.07, 6.45) is 0.00948. The summed E-state index contributed by atoms with van der Waals surface area (Å²) in [5.41, 5.74) is 1.50. The molecule has 0 bridgehead atoms. The summed E-state index contributed by atoms with van der Waals surface area (Å²) in [6.45, 7) is 10.0. The number of fused-ring (bicyclic) bond motifs is 1. The fraction of sp³-hybridized carbons (Fsp3) is 0.500. The van der Waals surface area contributed by atoms with Gasteiger partial charge in [0.15, 0.2) is 0 Å². The Morgan fingerprint density at radius 2 is 1.83 bits per heavy atom. The fourth-order valence-corrected chi connectivity index (χ4v) is 5.66. The van der Waals surface area contributed by atoms with Gasteiger partial charge in [0.2, 0.25) is 5.91 Å². The predicted molar refractivity (Wildman–Crippen MR) is 119 cm³/mol. The quantitative estimate of drug-likeness (QED) is 0.732. The molecular formula is C24H30N2O3S. The molecule has 3 heterocycles. The average Bonchev–Trinajstić information content (AvgIpc) is 3.22. The molecule has 2 aromatic rings. The number of morpholine rings is 1. The van der Waals surface area contributed by atoms with Crippen LogP contribution in [0.5, 0.6) is 0 Å². The van der Waals surface area contributed by atoms with Crippen molar-refractivity contribution in [1.82, 2.24) is 9.80 Å². The van der Waals surface area contributed by atoms with Gasteiger partial charge in [-0.1, -0.05) is 38.1 Å². The van der Waals surface area contributed by atoms with E-state index in [9.17, 15) is 9.59 Å². The van der Waals surface area contributed by atoms with Crippen LogP contribution < -0.4 is 0 Å². The first-order chi connectivity index (χ1) is 14.4. The number of rotatable bonds is 4. The Morgan fingerprint density at radius 3 is 2.47 bits per heavy atom. The second kappa shape index (κ2) is 8.52. The molecule has 1 aromatic carbocycles. The van der Waals surface area contributed by atoms with E-state index >= 15 is 0 Å². The molecule has 4 atom stereocenters. The second-order valence-corrected chi connectivity index (χ2v) is 9.86. The molecule has 0 N–H and O–H groups in total. The lowest BCUT2D eigenvalue weighted by atomic mass is 9.80. The van der Waals surface area contributed by atoms with Crippen LogP contribution in [0.1, 0.15) is 60.5 Å². The smallest absolute Gasteiger partial charge is 0.254 e. The second-order valence-electron chi connectivity index (χ2n) is 8.88. The van der Waals surface area contributed by atoms with E-state index < -0.39 is 5.92 Å². The largest absolute Gasteiger partial charge is 0.372 e. The van der Waals surface area contributed by atoms with Gasteiger partial charge in [0.25, 0.3) is 5.91 Å². The molecule has 1 aromatic heterocycles. The fourth-order valence-electron chi connectivity index (χ4n) is 4.78. The summed E-state index contributed by atoms with van der Waals surface area (Å²) in [5, 5.41) is 2.02. The number of thiophene rings is 1. The average molecular weight is 427 g/mol. The number of carbonyl (C=O) groups excluding carboxylic acids is 2. The highest BCUT2D eigenvalue weighted by atomic mass is 32.1. The van der Waals surface area contributed by atoms with Crippen LogP contribution in [0.25, 0.3) is 0 Å². The molecule has 2 aliphatic rings. The van der Waals surface area contributed by atoms with Crippen molar-refractivity contribution in [3.63, 3.8) is 0 Å². The first kappa shape index (κ1) is 21.1. The molecule has 0 radical (unpaired) electrons. The molecule has 0 saturated carbocycles. The van der Waals surface area contributed by atoms with E-state index in [0.29, 0.717) is 31.1 Å². The van der Waals surface area contributed by atoms with Crippen LogP contribution in [-0.2, 0) is 9.53 Å². The van der Waals surface area contributed by atoms with Gasteiger partial charge in [-0.2, -0.15) is 0 Å². The molecule has 1 saturated heterocycles. The maximum atomic E-state index is 14.0. The van der Waals surface area contributed by atoms with Crippen molar-refractivity contribution in [2.75, 3.05) is 19.6 Å². The Balaban J connectivity index is 1.82. The summed E-state index contributed by atoms with van der Waals surface area (Å²) >= 11 is 1.62. The Labute approximate surface area is 182 Å². The Hall–Kier alpha value is -2.18. The molecule has 160 valence electrons. The van der Waals surface area contributed by atoms with Crippen molar-refractivity contribution < 1.29 is 14.3 Å². The molecule has 0 spiro atoms. The summed E-state index contributed by atoms with van der Waals surface area (Å²) in [4.78, 5) is 32.4. The summed E-state index contributed by atoms with van der Waals surface area (Å²) in [5.74, 6) is 0.00391. The predicted octanol–water partition coefficient (Wildman–Crippen LogP) is 4.32. The standard InChI is InChI=1S/C24H30N2O3S/c1-15(2)12-26-22(20-10-7-11-30-20)21(18-8-5-6-9-19(18)23(26)27)24(28)25-13-16(3)29-17(4)14-25/h5-11,15-17,21-22H,12-14H2,1-4H3/t16-,17+,21-,22+/m0/s1. The number of hydrogen-bond donors (Lipinski definition) is 0. The van der Waals surface area contributed by atoms with Gasteiger partial charge in [-0.05, 0) is 42.8 Å². The monoisotopic (exact) mass is 426 g/mol. The Bertz CT molecular complexity index is 901. The maximum Gasteiger partial charge on any atom is 0.254 e. The van der Waals surface area contributed by atoms with Crippen LogP contribution in [0.4, 0.5) is 0 Å². The minimum absolute atomic E-state index is 0.00474. The van der Waals surface area contributed by atoms with E-state index in [2.05, 4.69) is 19.9 Å². The van der Waals surface area contributed by atoms with Crippen LogP contribution in [0, 0.1) is 5.92 Å². The first-order valence-electron chi connectivity index (χ1n) is 10.7. The molecule has 30 heavy (non-hydrogen) atoms. The molecule has 0 aliphatic carbocycles. The van der Waals surface area contributed by atoms with Crippen LogP contribution >= 0.6 is 11.3 Å². The lowest BCUT2D eigenvalue weighted by molar-refractivity contribution is -0.146. The topological polar surface area (TPSA) is 49.9 Å². The van der Waals surface area contributed by atoms with Gasteiger partial charge < -0.3 is 14.5 Å². The number of carbonyl (C=O) groups is 2. The minimum Gasteiger partial charge on any atom is -0.372 e. The number of hydrogen-bond acceptors (Lipinski definition) is 4. The number of nitrogens with zero attached hydrogens (tertiary/aromatic N) is 2. The van der Waals surface area contributed by atoms with E-state index in [1.165, 1.54) is 0 Å². The van der Waals surface area contributed by atoms with Crippen molar-refractivity contribution in [2.45, 2.75) is 51.9 Å². The maximum absolute atomic E-state index is 14.0. The molecule has 5 nitrogen and oxygen atoms in total. The molecule has 6 heteroatoms. The van der Waals surface area contributed by atoms with Gasteiger partial charge in [0, 0.05) is 30.1 Å². The van der Waals surface area contributed by atoms with E-state index in [4.69, 9.17) is 4.74 Å². The number of ether oxygens (including phenoxy) is 1. The highest BCUT2D eigenvalue weighted by molar-refractivity contribution is 7.10. The SMILES string of the molecule is CC(C)CN1C(=O)c2ccccc2[C@H](C(=O)N2C[C@@H](C)O[C@@H](C)C2)[C@H]1c1cccs1. The van der Waals surface area contributed by atoms with Crippen LogP contribution in [-0.4, -0.2) is 53.5 Å². The van der Waals surface area contributed by atoms with Gasteiger partial charge in [-0.25, -0.2) is 0 Å². The third-order valence-electron chi connectivity index (χ3n) is 5.83. The summed E-state index contributed by atoms with van der Waals surface area (Å²) in [7, 11) is 0. The Morgan fingerprint density at radius 1 is 1.13 bits per heavy atom. The van der Waals surface area contributed by atoms with Crippen molar-refractivity contribution in [3.05, 3.63) is 57.8 Å². The van der Waals surface area contributed by atoms with Crippen molar-refractivity contribution >= 4 is 23.2 Å². The molecule has 2 amide bonds. The zero-order valence-corrected chi connectivity index (χ0v) is 18.9. The lowest BCUT2D eigenvalue weighted by Crippen LogP contribution is -2.53. The van der Waals surface area contributed by atoms with Crippen LogP contribution in [0.2, 0.25) is 0 Å². The van der Waals surface area contributed by atoms with Gasteiger partial charge in [-0.3, -0.25) is 9.59 Å². The normalized spacial score (nSPS) is 26.8. The van der Waals surface area contributed by atoms with E-state index in [1.54, 1.807) is 11.3 Å². The van der Waals surface area contributed by atoms with E-state index in [0.717, 1.165) is 10.4 Å². The molecular weight excluding hydrogens is 396 g/mol. The molecule has 1 fully saturated rings. The van der Waals surface area contributed by atoms with Crippen molar-refractivity contribution in [2.24, 2.45) is 5.92 Å². The number of benzene rings is 1. The van der Waals surface area contributed by atoms with Gasteiger partial charge in [0.05, 0.1) is 24.2 Å². The number of amides is 2. The summed E-state index contributed by atoms with van der Waals surface area (Å²) < 4.78 is 5.86. The highest BCUT2D eigenvalue weighted by Crippen LogP contribution is 2.45. The molecule has 0 unspecified atom stereocenters. The minimum atomic E-state index is -0.409. The summed E-state index contributed by atoms with van der Waals surface area (Å²) in [6, 6.07) is 11.4. The van der Waals surface area contributed by atoms with E-state index in [-0.39, 0.29) is 30.1 Å². The first-order valence-corrected chi connectivity index (χ1v) is 11.6. The van der Waals surface area contributed by atoms with Crippen molar-refractivity contribution in [3.8, 4) is 0 Å². The van der Waals surface area contributed by atoms with Crippen LogP contribution in [0.3, 0.4) is 0 Å². The lowest BCUT2D eigenvalue weighted by Gasteiger charge is -2.45. The van der Waals surface area contributed by atoms with Crippen LogP contribution in [0.15, 0.2) is 41.8 Å². The zero-order chi connectivity index (χ0) is 21.4.